The van der Waals surface area contributed by atoms with Gasteiger partial charge in [0.15, 0.2) is 6.10 Å². The van der Waals surface area contributed by atoms with Gasteiger partial charge in [0, 0.05) is 12.8 Å². The number of nitrogens with zero attached hydrogens (tertiary/aromatic N) is 1. The fraction of sp³-hybridized carbons (Fsp3) is 0.726. The van der Waals surface area contributed by atoms with Gasteiger partial charge in [-0.05, 0) is 109 Å². The summed E-state index contributed by atoms with van der Waals surface area (Å²) in [5.74, 6) is -2.00. The smallest absolute Gasteiger partial charge is 0.361 e. The molecule has 1 N–H and O–H groups in total. The van der Waals surface area contributed by atoms with Crippen LogP contribution in [0.3, 0.4) is 0 Å². The molecule has 534 valence electrons. The van der Waals surface area contributed by atoms with Gasteiger partial charge in [0.2, 0.25) is 0 Å². The second-order valence-corrected chi connectivity index (χ2v) is 26.9. The number of carboxylic acid groups (broad SMARTS) is 1. The van der Waals surface area contributed by atoms with Gasteiger partial charge in [-0.2, -0.15) is 0 Å². The van der Waals surface area contributed by atoms with Crippen molar-refractivity contribution in [3.8, 4) is 0 Å². The van der Waals surface area contributed by atoms with Gasteiger partial charge in [0.1, 0.15) is 13.2 Å². The van der Waals surface area contributed by atoms with E-state index in [1.165, 1.54) is 212 Å². The third kappa shape index (κ3) is 74.9. The summed E-state index contributed by atoms with van der Waals surface area (Å²) in [4.78, 5) is 37.7. The highest BCUT2D eigenvalue weighted by Crippen LogP contribution is 2.18. The SMILES string of the molecule is CC/C=C\C/C=C\C/C=C\C/C=C\C/C=C\C/C=C\C/C=C\CCCCCCCCCCCCCCCCCCCCCC(=O)OC(COC(=O)CCCCCCCCCCCCCC/C=C\C/C=C\C/C=C\CCCCCCC)COC(OCC[N+](C)(C)C)C(=O)O. The number of carboxylic acids is 1. The molecular formula is C84H146NO8+. The number of aliphatic carboxylic acids is 1. The summed E-state index contributed by atoms with van der Waals surface area (Å²) in [6, 6.07) is 0. The maximum Gasteiger partial charge on any atom is 0.361 e. The zero-order valence-electron chi connectivity index (χ0n) is 61.1. The topological polar surface area (TPSA) is 108 Å². The molecule has 2 unspecified atom stereocenters. The number of quaternary nitrogens is 1. The Morgan fingerprint density at radius 2 is 0.613 bits per heavy atom. The van der Waals surface area contributed by atoms with Gasteiger partial charge in [-0.3, -0.25) is 9.59 Å². The number of hydrogen-bond acceptors (Lipinski definition) is 7. The normalized spacial score (nSPS) is 13.3. The second-order valence-electron chi connectivity index (χ2n) is 26.9. The van der Waals surface area contributed by atoms with Crippen molar-refractivity contribution in [1.29, 1.82) is 0 Å². The molecule has 0 amide bonds. The third-order valence-corrected chi connectivity index (χ3v) is 16.7. The van der Waals surface area contributed by atoms with Crippen LogP contribution < -0.4 is 0 Å². The fourth-order valence-electron chi connectivity index (χ4n) is 10.8. The van der Waals surface area contributed by atoms with Crippen molar-refractivity contribution >= 4 is 17.9 Å². The largest absolute Gasteiger partial charge is 0.477 e. The highest BCUT2D eigenvalue weighted by Gasteiger charge is 2.25. The summed E-state index contributed by atoms with van der Waals surface area (Å²) in [5.41, 5.74) is 0. The molecule has 0 fully saturated rings. The predicted octanol–water partition coefficient (Wildman–Crippen LogP) is 24.7. The molecule has 0 aromatic heterocycles. The number of hydrogen-bond donors (Lipinski definition) is 1. The molecule has 2 atom stereocenters. The Hall–Kier alpha value is -4.31. The first-order valence-corrected chi connectivity index (χ1v) is 38.7. The Labute approximate surface area is 574 Å². The van der Waals surface area contributed by atoms with E-state index in [9.17, 15) is 19.5 Å². The highest BCUT2D eigenvalue weighted by atomic mass is 16.7. The van der Waals surface area contributed by atoms with Crippen molar-refractivity contribution in [1.82, 2.24) is 0 Å². The van der Waals surface area contributed by atoms with Crippen LogP contribution in [0, 0.1) is 0 Å². The quantitative estimate of drug-likeness (QED) is 0.0211. The van der Waals surface area contributed by atoms with Gasteiger partial charge in [0.25, 0.3) is 6.29 Å². The van der Waals surface area contributed by atoms with Gasteiger partial charge in [-0.25, -0.2) is 4.79 Å². The van der Waals surface area contributed by atoms with Gasteiger partial charge in [-0.15, -0.1) is 0 Å². The lowest BCUT2D eigenvalue weighted by Gasteiger charge is -2.25. The van der Waals surface area contributed by atoms with Crippen LogP contribution in [0.4, 0.5) is 0 Å². The molecule has 0 aromatic rings. The van der Waals surface area contributed by atoms with E-state index in [2.05, 4.69) is 135 Å². The van der Waals surface area contributed by atoms with E-state index in [1.807, 2.05) is 21.1 Å². The summed E-state index contributed by atoms with van der Waals surface area (Å²) in [7, 11) is 5.98. The van der Waals surface area contributed by atoms with Gasteiger partial charge in [0.05, 0.1) is 34.4 Å². The van der Waals surface area contributed by atoms with E-state index in [-0.39, 0.29) is 32.2 Å². The summed E-state index contributed by atoms with van der Waals surface area (Å²) in [6.45, 7) is 4.78. The molecule has 0 spiro atoms. The number of carbonyl (C=O) groups is 3. The van der Waals surface area contributed by atoms with Crippen LogP contribution in [0.2, 0.25) is 0 Å². The average Bonchev–Trinajstić information content (AvgIpc) is 3.38. The van der Waals surface area contributed by atoms with Crippen LogP contribution in [0.5, 0.6) is 0 Å². The molecule has 0 saturated heterocycles. The minimum Gasteiger partial charge on any atom is -0.477 e. The van der Waals surface area contributed by atoms with Crippen LogP contribution in [0.15, 0.2) is 122 Å². The lowest BCUT2D eigenvalue weighted by Crippen LogP contribution is -2.40. The van der Waals surface area contributed by atoms with Crippen LogP contribution in [-0.2, 0) is 33.3 Å². The molecule has 0 aliphatic rings. The van der Waals surface area contributed by atoms with Crippen LogP contribution in [0.25, 0.3) is 0 Å². The van der Waals surface area contributed by atoms with Crippen molar-refractivity contribution in [2.24, 2.45) is 0 Å². The monoisotopic (exact) mass is 1300 g/mol. The molecule has 0 heterocycles. The molecule has 0 saturated carbocycles. The van der Waals surface area contributed by atoms with E-state index < -0.39 is 24.3 Å². The fourth-order valence-corrected chi connectivity index (χ4v) is 10.8. The minimum atomic E-state index is -1.52. The highest BCUT2D eigenvalue weighted by molar-refractivity contribution is 5.71. The molecule has 0 rings (SSSR count). The Morgan fingerprint density at radius 3 is 0.914 bits per heavy atom. The van der Waals surface area contributed by atoms with Gasteiger partial charge < -0.3 is 28.5 Å². The van der Waals surface area contributed by atoms with Crippen LogP contribution in [0.1, 0.15) is 335 Å². The summed E-state index contributed by atoms with van der Waals surface area (Å²) < 4.78 is 23.0. The number of unbranched alkanes of at least 4 members (excludes halogenated alkanes) is 36. The van der Waals surface area contributed by atoms with Crippen molar-refractivity contribution in [2.75, 3.05) is 47.5 Å². The Morgan fingerprint density at radius 1 is 0.333 bits per heavy atom. The van der Waals surface area contributed by atoms with Crippen molar-refractivity contribution in [3.05, 3.63) is 122 Å². The van der Waals surface area contributed by atoms with Crippen molar-refractivity contribution in [3.63, 3.8) is 0 Å². The van der Waals surface area contributed by atoms with Crippen LogP contribution >= 0.6 is 0 Å². The number of ether oxygens (including phenoxy) is 4. The van der Waals surface area contributed by atoms with E-state index in [0.29, 0.717) is 17.4 Å². The Kier molecular flexibility index (Phi) is 70.1. The number of rotatable bonds is 71. The molecule has 0 radical (unpaired) electrons. The number of allylic oxidation sites excluding steroid dienone is 20. The summed E-state index contributed by atoms with van der Waals surface area (Å²) in [5, 5.41) is 9.77. The Balaban J connectivity index is 4.03. The maximum atomic E-state index is 13.0. The third-order valence-electron chi connectivity index (χ3n) is 16.7. The molecule has 0 aliphatic carbocycles. The van der Waals surface area contributed by atoms with Crippen molar-refractivity contribution < 1.29 is 42.9 Å². The molecular weight excluding hydrogens is 1150 g/mol. The summed E-state index contributed by atoms with van der Waals surface area (Å²) in [6.07, 6.45) is 102. The average molecular weight is 1300 g/mol. The second kappa shape index (κ2) is 73.5. The molecule has 9 heteroatoms. The standard InChI is InChI=1S/C84H145NO8/c1-6-8-10-12-14-16-18-20-22-24-26-28-30-32-34-35-36-37-38-39-40-41-42-43-44-45-46-47-49-51-53-55-57-59-61-63-65-67-69-71-73-75-82(87)93-80(79-92-84(83(88)89)90-77-76-85(3,4)5)78-91-81(86)74-72-70-68-66-64-62-60-58-56-54-52-50-48-33-31-29-27-25-23-21-19-17-15-13-11-9-7-2/h8,10,14,16,19-22,25-28,31-34,36-37,39-40,80,84H,6-7,9,11-13,15,17-18,23-24,29-30,35,38,41-79H2,1-5H3/p+1/b10-8-,16-14-,21-19-,22-20-,27-25-,28-26-,33-31-,34-32-,37-36-,40-39-. The lowest BCUT2D eigenvalue weighted by atomic mass is 10.0. The number of esters is 2. The molecule has 0 aromatic carbocycles. The first kappa shape index (κ1) is 88.7. The van der Waals surface area contributed by atoms with Crippen molar-refractivity contribution in [2.45, 2.75) is 347 Å². The number of carbonyl (C=O) groups excluding carboxylic acids is 2. The first-order valence-electron chi connectivity index (χ1n) is 38.7. The van der Waals surface area contributed by atoms with E-state index in [4.69, 9.17) is 18.9 Å². The van der Waals surface area contributed by atoms with E-state index in [0.717, 1.165) is 96.3 Å². The molecule has 0 aliphatic heterocycles. The maximum absolute atomic E-state index is 13.0. The lowest BCUT2D eigenvalue weighted by molar-refractivity contribution is -0.870. The van der Waals surface area contributed by atoms with E-state index >= 15 is 0 Å². The van der Waals surface area contributed by atoms with E-state index in [1.54, 1.807) is 0 Å². The molecule has 93 heavy (non-hydrogen) atoms. The molecule has 9 nitrogen and oxygen atoms in total. The zero-order valence-corrected chi connectivity index (χ0v) is 61.1. The van der Waals surface area contributed by atoms with Gasteiger partial charge >= 0.3 is 17.9 Å². The first-order chi connectivity index (χ1) is 45.6. The predicted molar refractivity (Wildman–Crippen MR) is 401 cm³/mol. The van der Waals surface area contributed by atoms with Crippen LogP contribution in [-0.4, -0.2) is 87.4 Å². The zero-order chi connectivity index (χ0) is 67.5. The van der Waals surface area contributed by atoms with Gasteiger partial charge in [-0.1, -0.05) is 334 Å². The Bertz CT molecular complexity index is 1950. The summed E-state index contributed by atoms with van der Waals surface area (Å²) >= 11 is 0. The minimum absolute atomic E-state index is 0.184. The molecule has 0 bridgehead atoms. The number of likely N-dealkylation sites (N-methyl/N-ethyl adjacent to an activating group) is 1.